The van der Waals surface area contributed by atoms with Gasteiger partial charge < -0.3 is 5.11 Å². The number of carboxylic acid groups (broad SMARTS) is 1. The lowest BCUT2D eigenvalue weighted by Crippen LogP contribution is -2.61. The molecule has 3 unspecified atom stereocenters. The van der Waals surface area contributed by atoms with Crippen molar-refractivity contribution in [3.8, 4) is 0 Å². The predicted molar refractivity (Wildman–Crippen MR) is 65.4 cm³/mol. The molecule has 1 aliphatic rings. The van der Waals surface area contributed by atoms with E-state index in [-0.39, 0.29) is 12.0 Å². The molecule has 0 amide bonds. The molecule has 0 bridgehead atoms. The number of nitrogens with one attached hydrogen (secondary N) is 1. The van der Waals surface area contributed by atoms with E-state index in [1.807, 2.05) is 0 Å². The zero-order valence-electron chi connectivity index (χ0n) is 10.9. The zero-order chi connectivity index (χ0) is 12.3. The van der Waals surface area contributed by atoms with Gasteiger partial charge in [-0.05, 0) is 31.6 Å². The van der Waals surface area contributed by atoms with E-state index in [1.54, 1.807) is 0 Å². The average Bonchev–Trinajstić information content (AvgIpc) is 2.20. The molecule has 3 heteroatoms. The molecule has 0 spiro atoms. The summed E-state index contributed by atoms with van der Waals surface area (Å²) in [7, 11) is 0. The number of hydrogen-bond donors (Lipinski definition) is 2. The second kappa shape index (κ2) is 5.17. The first-order valence-corrected chi connectivity index (χ1v) is 6.41. The van der Waals surface area contributed by atoms with Crippen LogP contribution in [-0.4, -0.2) is 22.7 Å². The Kier molecular flexibility index (Phi) is 4.36. The van der Waals surface area contributed by atoms with Crippen molar-refractivity contribution in [3.05, 3.63) is 0 Å². The van der Waals surface area contributed by atoms with Gasteiger partial charge >= 0.3 is 5.97 Å². The molecule has 94 valence electrons. The van der Waals surface area contributed by atoms with Crippen molar-refractivity contribution in [1.82, 2.24) is 5.32 Å². The van der Waals surface area contributed by atoms with Crippen LogP contribution in [0.25, 0.3) is 0 Å². The first-order chi connectivity index (χ1) is 7.40. The Labute approximate surface area is 98.6 Å². The lowest BCUT2D eigenvalue weighted by atomic mass is 9.73. The summed E-state index contributed by atoms with van der Waals surface area (Å²) in [6.07, 6.45) is 3.97. The van der Waals surface area contributed by atoms with Crippen molar-refractivity contribution in [1.29, 1.82) is 0 Å². The Balaban J connectivity index is 2.83. The van der Waals surface area contributed by atoms with Gasteiger partial charge in [-0.25, -0.2) is 0 Å². The molecule has 3 nitrogen and oxygen atoms in total. The summed E-state index contributed by atoms with van der Waals surface area (Å²) < 4.78 is 0. The maximum atomic E-state index is 11.6. The summed E-state index contributed by atoms with van der Waals surface area (Å²) in [6, 6.07) is 0.247. The molecule has 0 aromatic rings. The molecular formula is C13H25NO2. The van der Waals surface area contributed by atoms with Crippen LogP contribution < -0.4 is 5.32 Å². The molecule has 1 aliphatic carbocycles. The van der Waals surface area contributed by atoms with Crippen LogP contribution >= 0.6 is 0 Å². The molecule has 0 heterocycles. The van der Waals surface area contributed by atoms with Crippen molar-refractivity contribution < 1.29 is 9.90 Å². The topological polar surface area (TPSA) is 49.3 Å². The van der Waals surface area contributed by atoms with Gasteiger partial charge in [-0.3, -0.25) is 10.1 Å². The summed E-state index contributed by atoms with van der Waals surface area (Å²) in [5.41, 5.74) is -0.693. The van der Waals surface area contributed by atoms with E-state index in [1.165, 1.54) is 0 Å². The third-order valence-electron chi connectivity index (χ3n) is 4.17. The molecule has 0 aromatic heterocycles. The highest BCUT2D eigenvalue weighted by molar-refractivity contribution is 5.79. The predicted octanol–water partition coefficient (Wildman–Crippen LogP) is 2.65. The van der Waals surface area contributed by atoms with Gasteiger partial charge in [0.2, 0.25) is 0 Å². The summed E-state index contributed by atoms with van der Waals surface area (Å²) in [6.45, 7) is 8.39. The minimum Gasteiger partial charge on any atom is -0.480 e. The highest BCUT2D eigenvalue weighted by atomic mass is 16.4. The number of hydrogen-bond acceptors (Lipinski definition) is 2. The lowest BCUT2D eigenvalue weighted by molar-refractivity contribution is -0.149. The maximum Gasteiger partial charge on any atom is 0.324 e. The van der Waals surface area contributed by atoms with E-state index in [2.05, 4.69) is 33.0 Å². The minimum absolute atomic E-state index is 0.222. The fourth-order valence-electron chi connectivity index (χ4n) is 2.51. The monoisotopic (exact) mass is 227 g/mol. The van der Waals surface area contributed by atoms with Crippen LogP contribution in [0.4, 0.5) is 0 Å². The normalized spacial score (nSPS) is 32.7. The number of carboxylic acids is 1. The van der Waals surface area contributed by atoms with Crippen LogP contribution in [0.3, 0.4) is 0 Å². The second-order valence-corrected chi connectivity index (χ2v) is 5.60. The van der Waals surface area contributed by atoms with Crippen LogP contribution in [0, 0.1) is 11.8 Å². The highest BCUT2D eigenvalue weighted by Gasteiger charge is 2.45. The third-order valence-corrected chi connectivity index (χ3v) is 4.17. The van der Waals surface area contributed by atoms with Gasteiger partial charge in [0.05, 0.1) is 0 Å². The van der Waals surface area contributed by atoms with Gasteiger partial charge in [0.15, 0.2) is 0 Å². The highest BCUT2D eigenvalue weighted by Crippen LogP contribution is 2.34. The molecule has 1 fully saturated rings. The van der Waals surface area contributed by atoms with Gasteiger partial charge in [0.1, 0.15) is 5.54 Å². The molecule has 2 N–H and O–H groups in total. The summed E-state index contributed by atoms with van der Waals surface area (Å²) >= 11 is 0. The lowest BCUT2D eigenvalue weighted by Gasteiger charge is -2.42. The van der Waals surface area contributed by atoms with Gasteiger partial charge in [0, 0.05) is 6.04 Å². The molecular weight excluding hydrogens is 202 g/mol. The van der Waals surface area contributed by atoms with Crippen molar-refractivity contribution in [2.75, 3.05) is 0 Å². The van der Waals surface area contributed by atoms with Crippen LogP contribution in [0.5, 0.6) is 0 Å². The molecule has 16 heavy (non-hydrogen) atoms. The van der Waals surface area contributed by atoms with Crippen molar-refractivity contribution in [2.45, 2.75) is 65.0 Å². The summed E-state index contributed by atoms with van der Waals surface area (Å²) in [5, 5.41) is 12.9. The van der Waals surface area contributed by atoms with Crippen LogP contribution in [0.2, 0.25) is 0 Å². The van der Waals surface area contributed by atoms with Gasteiger partial charge in [0.25, 0.3) is 0 Å². The molecule has 3 atom stereocenters. The first-order valence-electron chi connectivity index (χ1n) is 6.41. The van der Waals surface area contributed by atoms with Crippen LogP contribution in [0.15, 0.2) is 0 Å². The van der Waals surface area contributed by atoms with Crippen LogP contribution in [0.1, 0.15) is 53.4 Å². The average molecular weight is 227 g/mol. The first kappa shape index (κ1) is 13.5. The fourth-order valence-corrected chi connectivity index (χ4v) is 2.51. The Morgan fingerprint density at radius 2 is 2.00 bits per heavy atom. The van der Waals surface area contributed by atoms with E-state index in [4.69, 9.17) is 0 Å². The number of rotatable bonds is 4. The second-order valence-electron chi connectivity index (χ2n) is 5.60. The Morgan fingerprint density at radius 1 is 1.38 bits per heavy atom. The summed E-state index contributed by atoms with van der Waals surface area (Å²) in [4.78, 5) is 11.6. The molecule has 0 saturated heterocycles. The minimum atomic E-state index is -0.693. The Morgan fingerprint density at radius 3 is 2.44 bits per heavy atom. The SMILES string of the molecule is CC(C)C(C)NC1(C(=O)O)CCCCC1C. The van der Waals surface area contributed by atoms with Crippen molar-refractivity contribution in [3.63, 3.8) is 0 Å². The van der Waals surface area contributed by atoms with E-state index < -0.39 is 11.5 Å². The smallest absolute Gasteiger partial charge is 0.324 e. The van der Waals surface area contributed by atoms with Gasteiger partial charge in [-0.2, -0.15) is 0 Å². The largest absolute Gasteiger partial charge is 0.480 e. The molecule has 0 aromatic carbocycles. The zero-order valence-corrected chi connectivity index (χ0v) is 10.9. The third kappa shape index (κ3) is 2.57. The van der Waals surface area contributed by atoms with Crippen LogP contribution in [-0.2, 0) is 4.79 Å². The van der Waals surface area contributed by atoms with Gasteiger partial charge in [-0.1, -0.05) is 33.6 Å². The van der Waals surface area contributed by atoms with Crippen molar-refractivity contribution in [2.24, 2.45) is 11.8 Å². The molecule has 1 rings (SSSR count). The molecule has 1 saturated carbocycles. The van der Waals surface area contributed by atoms with Gasteiger partial charge in [-0.15, -0.1) is 0 Å². The molecule has 0 radical (unpaired) electrons. The summed E-state index contributed by atoms with van der Waals surface area (Å²) in [5.74, 6) is 0.0116. The maximum absolute atomic E-state index is 11.6. The van der Waals surface area contributed by atoms with E-state index in [0.717, 1.165) is 25.7 Å². The van der Waals surface area contributed by atoms with E-state index >= 15 is 0 Å². The van der Waals surface area contributed by atoms with Crippen molar-refractivity contribution >= 4 is 5.97 Å². The fraction of sp³-hybridized carbons (Fsp3) is 0.923. The van der Waals surface area contributed by atoms with E-state index in [9.17, 15) is 9.90 Å². The quantitative estimate of drug-likeness (QED) is 0.776. The Bertz CT molecular complexity index is 252. The number of aliphatic carboxylic acids is 1. The van der Waals surface area contributed by atoms with E-state index in [0.29, 0.717) is 5.92 Å². The Hall–Kier alpha value is -0.570. The number of carbonyl (C=O) groups is 1. The standard InChI is InChI=1S/C13H25NO2/c1-9(2)11(4)14-13(12(15)16)8-6-5-7-10(13)3/h9-11,14H,5-8H2,1-4H3,(H,15,16). The molecule has 0 aliphatic heterocycles.